The maximum atomic E-state index is 5.30. The van der Waals surface area contributed by atoms with E-state index in [2.05, 4.69) is 17.1 Å². The van der Waals surface area contributed by atoms with Crippen molar-refractivity contribution < 1.29 is 0 Å². The van der Waals surface area contributed by atoms with Gasteiger partial charge in [-0.3, -0.25) is 0 Å². The van der Waals surface area contributed by atoms with Gasteiger partial charge in [-0.05, 0) is 37.9 Å². The summed E-state index contributed by atoms with van der Waals surface area (Å²) in [6.45, 7) is 3.40. The first-order chi connectivity index (χ1) is 5.81. The van der Waals surface area contributed by atoms with Gasteiger partial charge in [0.1, 0.15) is 0 Å². The summed E-state index contributed by atoms with van der Waals surface area (Å²) in [4.78, 5) is 2.33. The summed E-state index contributed by atoms with van der Waals surface area (Å²) >= 11 is 5.30. The van der Waals surface area contributed by atoms with Crippen molar-refractivity contribution in [3.63, 3.8) is 0 Å². The maximum Gasteiger partial charge on any atom is 0.169 e. The van der Waals surface area contributed by atoms with Crippen LogP contribution in [0.1, 0.15) is 32.6 Å². The number of hydrogen-bond acceptors (Lipinski definition) is 1. The standard InChI is InChI=1S/C9H16N2S/c1-2-8-5-6-11(8)9(12)10-7-3-4-7/h7-8H,2-6H2,1H3,(H,10,12). The molecule has 12 heavy (non-hydrogen) atoms. The molecule has 68 valence electrons. The molecule has 1 N–H and O–H groups in total. The molecule has 0 radical (unpaired) electrons. The van der Waals surface area contributed by atoms with E-state index in [-0.39, 0.29) is 0 Å². The molecule has 0 aromatic heterocycles. The summed E-state index contributed by atoms with van der Waals surface area (Å²) in [5.74, 6) is 0. The van der Waals surface area contributed by atoms with E-state index in [9.17, 15) is 0 Å². The van der Waals surface area contributed by atoms with E-state index in [4.69, 9.17) is 12.2 Å². The van der Waals surface area contributed by atoms with Crippen molar-refractivity contribution in [2.75, 3.05) is 6.54 Å². The molecule has 2 rings (SSSR count). The molecule has 1 saturated heterocycles. The second kappa shape index (κ2) is 3.21. The lowest BCUT2D eigenvalue weighted by molar-refractivity contribution is 0.177. The number of thiocarbonyl (C=S) groups is 1. The lowest BCUT2D eigenvalue weighted by Gasteiger charge is -2.42. The minimum absolute atomic E-state index is 0.704. The molecule has 2 aliphatic rings. The van der Waals surface area contributed by atoms with Crippen LogP contribution in [0.15, 0.2) is 0 Å². The lowest BCUT2D eigenvalue weighted by atomic mass is 10.0. The van der Waals surface area contributed by atoms with Crippen LogP contribution in [0.2, 0.25) is 0 Å². The Hall–Kier alpha value is -0.310. The zero-order valence-corrected chi connectivity index (χ0v) is 8.36. The van der Waals surface area contributed by atoms with Crippen molar-refractivity contribution in [3.8, 4) is 0 Å². The molecule has 1 aliphatic heterocycles. The highest BCUT2D eigenvalue weighted by Gasteiger charge is 2.31. The summed E-state index contributed by atoms with van der Waals surface area (Å²) in [7, 11) is 0. The van der Waals surface area contributed by atoms with Crippen LogP contribution in [-0.4, -0.2) is 28.6 Å². The third-order valence-corrected chi connectivity index (χ3v) is 3.13. The summed E-state index contributed by atoms with van der Waals surface area (Å²) in [5.41, 5.74) is 0. The van der Waals surface area contributed by atoms with E-state index in [0.29, 0.717) is 6.04 Å². The topological polar surface area (TPSA) is 15.3 Å². The van der Waals surface area contributed by atoms with E-state index in [0.717, 1.165) is 17.7 Å². The fourth-order valence-corrected chi connectivity index (χ4v) is 2.02. The van der Waals surface area contributed by atoms with E-state index in [1.807, 2.05) is 0 Å². The van der Waals surface area contributed by atoms with Crippen LogP contribution in [0.25, 0.3) is 0 Å². The molecule has 0 spiro atoms. The van der Waals surface area contributed by atoms with Crippen molar-refractivity contribution in [1.82, 2.24) is 10.2 Å². The highest BCUT2D eigenvalue weighted by Crippen LogP contribution is 2.23. The van der Waals surface area contributed by atoms with Crippen LogP contribution in [-0.2, 0) is 0 Å². The Kier molecular flexibility index (Phi) is 2.22. The van der Waals surface area contributed by atoms with Crippen molar-refractivity contribution in [1.29, 1.82) is 0 Å². The van der Waals surface area contributed by atoms with Crippen LogP contribution >= 0.6 is 12.2 Å². The lowest BCUT2D eigenvalue weighted by Crippen LogP contribution is -2.54. The van der Waals surface area contributed by atoms with Crippen molar-refractivity contribution in [2.24, 2.45) is 0 Å². The molecule has 0 aromatic rings. The normalized spacial score (nSPS) is 28.1. The quantitative estimate of drug-likeness (QED) is 0.655. The molecule has 0 amide bonds. The molecule has 1 unspecified atom stereocenters. The summed E-state index contributed by atoms with van der Waals surface area (Å²) in [5, 5.41) is 4.37. The number of hydrogen-bond donors (Lipinski definition) is 1. The van der Waals surface area contributed by atoms with E-state index < -0.39 is 0 Å². The van der Waals surface area contributed by atoms with Crippen molar-refractivity contribution in [3.05, 3.63) is 0 Å². The number of likely N-dealkylation sites (tertiary alicyclic amines) is 1. The Morgan fingerprint density at radius 3 is 2.67 bits per heavy atom. The van der Waals surface area contributed by atoms with Gasteiger partial charge in [0.05, 0.1) is 0 Å². The van der Waals surface area contributed by atoms with E-state index in [1.54, 1.807) is 0 Å². The average Bonchev–Trinajstić information content (AvgIpc) is 2.69. The Bertz CT molecular complexity index is 187. The van der Waals surface area contributed by atoms with Gasteiger partial charge in [0.25, 0.3) is 0 Å². The first-order valence-corrected chi connectivity index (χ1v) is 5.29. The first-order valence-electron chi connectivity index (χ1n) is 4.88. The summed E-state index contributed by atoms with van der Waals surface area (Å²) in [6.07, 6.45) is 5.17. The van der Waals surface area contributed by atoms with Gasteiger partial charge in [0.2, 0.25) is 0 Å². The predicted octanol–water partition coefficient (Wildman–Crippen LogP) is 1.51. The average molecular weight is 184 g/mol. The largest absolute Gasteiger partial charge is 0.360 e. The molecular weight excluding hydrogens is 168 g/mol. The molecule has 3 heteroatoms. The highest BCUT2D eigenvalue weighted by molar-refractivity contribution is 7.80. The zero-order chi connectivity index (χ0) is 8.55. The molecule has 2 nitrogen and oxygen atoms in total. The number of rotatable bonds is 2. The van der Waals surface area contributed by atoms with Gasteiger partial charge < -0.3 is 10.2 Å². The fourth-order valence-electron chi connectivity index (χ4n) is 1.62. The van der Waals surface area contributed by atoms with Crippen LogP contribution in [0, 0.1) is 0 Å². The second-order valence-corrected chi connectivity index (χ2v) is 4.15. The Morgan fingerprint density at radius 1 is 1.50 bits per heavy atom. The van der Waals surface area contributed by atoms with Gasteiger partial charge in [-0.15, -0.1) is 0 Å². The smallest absolute Gasteiger partial charge is 0.169 e. The van der Waals surface area contributed by atoms with E-state index >= 15 is 0 Å². The molecule has 2 fully saturated rings. The molecule has 0 aromatic carbocycles. The molecule has 0 bridgehead atoms. The Balaban J connectivity index is 1.78. The Labute approximate surface area is 79.3 Å². The second-order valence-electron chi connectivity index (χ2n) is 3.77. The van der Waals surface area contributed by atoms with Crippen molar-refractivity contribution >= 4 is 17.3 Å². The van der Waals surface area contributed by atoms with Gasteiger partial charge in [0, 0.05) is 18.6 Å². The minimum atomic E-state index is 0.704. The van der Waals surface area contributed by atoms with Gasteiger partial charge >= 0.3 is 0 Å². The minimum Gasteiger partial charge on any atom is -0.360 e. The fraction of sp³-hybridized carbons (Fsp3) is 0.889. The van der Waals surface area contributed by atoms with Crippen LogP contribution in [0.3, 0.4) is 0 Å². The molecular formula is C9H16N2S. The van der Waals surface area contributed by atoms with Gasteiger partial charge in [-0.2, -0.15) is 0 Å². The third-order valence-electron chi connectivity index (χ3n) is 2.78. The molecule has 1 aliphatic carbocycles. The number of nitrogens with one attached hydrogen (secondary N) is 1. The molecule has 1 atom stereocenters. The van der Waals surface area contributed by atoms with Crippen LogP contribution in [0.5, 0.6) is 0 Å². The molecule has 1 saturated carbocycles. The predicted molar refractivity (Wildman–Crippen MR) is 54.2 cm³/mol. The van der Waals surface area contributed by atoms with Crippen LogP contribution < -0.4 is 5.32 Å². The maximum absolute atomic E-state index is 5.30. The van der Waals surface area contributed by atoms with Gasteiger partial charge in [-0.25, -0.2) is 0 Å². The Morgan fingerprint density at radius 2 is 2.25 bits per heavy atom. The first kappa shape index (κ1) is 8.30. The molecule has 1 heterocycles. The SMILES string of the molecule is CCC1CCN1C(=S)NC1CC1. The van der Waals surface area contributed by atoms with Crippen LogP contribution in [0.4, 0.5) is 0 Å². The van der Waals surface area contributed by atoms with Gasteiger partial charge in [-0.1, -0.05) is 6.92 Å². The van der Waals surface area contributed by atoms with E-state index in [1.165, 1.54) is 25.7 Å². The third kappa shape index (κ3) is 1.56. The monoisotopic (exact) mass is 184 g/mol. The highest BCUT2D eigenvalue weighted by atomic mass is 32.1. The van der Waals surface area contributed by atoms with Crippen molar-refractivity contribution in [2.45, 2.75) is 44.7 Å². The summed E-state index contributed by atoms with van der Waals surface area (Å²) in [6, 6.07) is 1.43. The summed E-state index contributed by atoms with van der Waals surface area (Å²) < 4.78 is 0. The van der Waals surface area contributed by atoms with Gasteiger partial charge in [0.15, 0.2) is 5.11 Å². The zero-order valence-electron chi connectivity index (χ0n) is 7.55. The number of nitrogens with zero attached hydrogens (tertiary/aromatic N) is 1.